The number of anilines is 1. The van der Waals surface area contributed by atoms with Crippen molar-refractivity contribution >= 4 is 40.9 Å². The molecule has 0 saturated carbocycles. The average molecular weight is 300 g/mol. The number of carboxylic acid groups (broad SMARTS) is 1. The van der Waals surface area contributed by atoms with Crippen LogP contribution in [0.15, 0.2) is 18.2 Å². The Hall–Kier alpha value is -1.19. The van der Waals surface area contributed by atoms with Crippen molar-refractivity contribution in [3.05, 3.63) is 33.8 Å². The van der Waals surface area contributed by atoms with Crippen LogP contribution in [-0.4, -0.2) is 24.2 Å². The monoisotopic (exact) mass is 299 g/mol. The lowest BCUT2D eigenvalue weighted by atomic mass is 10.1. The fourth-order valence-corrected chi connectivity index (χ4v) is 2.74. The lowest BCUT2D eigenvalue weighted by molar-refractivity contribution is -0.131. The van der Waals surface area contributed by atoms with Crippen LogP contribution in [-0.2, 0) is 4.79 Å². The topological polar surface area (TPSA) is 40.5 Å². The smallest absolute Gasteiger partial charge is 0.328 e. The van der Waals surface area contributed by atoms with Crippen LogP contribution in [0.2, 0.25) is 10.0 Å². The summed E-state index contributed by atoms with van der Waals surface area (Å²) in [6, 6.07) is 3.71. The molecule has 3 nitrogen and oxygen atoms in total. The molecule has 2 rings (SSSR count). The summed E-state index contributed by atoms with van der Waals surface area (Å²) >= 11 is 12.5. The summed E-state index contributed by atoms with van der Waals surface area (Å²) in [7, 11) is 0. The van der Waals surface area contributed by atoms with Gasteiger partial charge in [0.25, 0.3) is 0 Å². The Morgan fingerprint density at radius 2 is 1.84 bits per heavy atom. The first-order valence-corrected chi connectivity index (χ1v) is 6.99. The van der Waals surface area contributed by atoms with Gasteiger partial charge in [-0.05, 0) is 37.0 Å². The molecule has 1 N–H and O–H groups in total. The van der Waals surface area contributed by atoms with Gasteiger partial charge in [-0.15, -0.1) is 0 Å². The number of carbonyl (C=O) groups is 1. The van der Waals surface area contributed by atoms with Crippen LogP contribution in [0, 0.1) is 0 Å². The van der Waals surface area contributed by atoms with E-state index in [-0.39, 0.29) is 0 Å². The van der Waals surface area contributed by atoms with Gasteiger partial charge in [0.05, 0.1) is 15.7 Å². The quantitative estimate of drug-likeness (QED) is 0.855. The van der Waals surface area contributed by atoms with Gasteiger partial charge in [0, 0.05) is 19.2 Å². The summed E-state index contributed by atoms with van der Waals surface area (Å²) in [5.41, 5.74) is 1.55. The summed E-state index contributed by atoms with van der Waals surface area (Å²) in [5.74, 6) is -1.01. The lowest BCUT2D eigenvalue weighted by Gasteiger charge is -2.30. The standard InChI is InChI=1S/C14H15Cl2NO2/c15-13-10(5-7-12(18)19)4-6-11(14(13)16)17-8-2-1-3-9-17/h4-7H,1-3,8-9H2,(H,18,19). The highest BCUT2D eigenvalue weighted by molar-refractivity contribution is 6.44. The third-order valence-electron chi connectivity index (χ3n) is 3.19. The van der Waals surface area contributed by atoms with Crippen LogP contribution in [0.3, 0.4) is 0 Å². The minimum absolute atomic E-state index is 0.405. The maximum absolute atomic E-state index is 10.5. The Morgan fingerprint density at radius 1 is 1.16 bits per heavy atom. The number of rotatable bonds is 3. The fourth-order valence-electron chi connectivity index (χ4n) is 2.22. The Labute approximate surface area is 122 Å². The normalized spacial score (nSPS) is 16.0. The third-order valence-corrected chi connectivity index (χ3v) is 4.08. The van der Waals surface area contributed by atoms with E-state index in [1.54, 1.807) is 6.07 Å². The van der Waals surface area contributed by atoms with Gasteiger partial charge in [-0.2, -0.15) is 0 Å². The van der Waals surface area contributed by atoms with Gasteiger partial charge in [-0.1, -0.05) is 29.3 Å². The number of hydrogen-bond acceptors (Lipinski definition) is 2. The highest BCUT2D eigenvalue weighted by atomic mass is 35.5. The molecule has 0 bridgehead atoms. The second-order valence-electron chi connectivity index (χ2n) is 4.52. The van der Waals surface area contributed by atoms with Crippen molar-refractivity contribution in [2.75, 3.05) is 18.0 Å². The van der Waals surface area contributed by atoms with E-state index >= 15 is 0 Å². The number of aliphatic carboxylic acids is 1. The van der Waals surface area contributed by atoms with E-state index in [2.05, 4.69) is 4.90 Å². The molecule has 1 saturated heterocycles. The zero-order valence-corrected chi connectivity index (χ0v) is 11.9. The summed E-state index contributed by atoms with van der Waals surface area (Å²) in [6.45, 7) is 1.97. The largest absolute Gasteiger partial charge is 0.478 e. The van der Waals surface area contributed by atoms with Crippen LogP contribution in [0.25, 0.3) is 6.08 Å². The SMILES string of the molecule is O=C(O)C=Cc1ccc(N2CCCCC2)c(Cl)c1Cl. The van der Waals surface area contributed by atoms with Crippen molar-refractivity contribution in [3.8, 4) is 0 Å². The molecule has 0 amide bonds. The van der Waals surface area contributed by atoms with Crippen LogP contribution < -0.4 is 4.90 Å². The van der Waals surface area contributed by atoms with Crippen LogP contribution in [0.1, 0.15) is 24.8 Å². The predicted molar refractivity (Wildman–Crippen MR) is 79.2 cm³/mol. The molecule has 102 valence electrons. The zero-order valence-electron chi connectivity index (χ0n) is 10.4. The molecule has 0 aliphatic carbocycles. The Morgan fingerprint density at radius 3 is 2.47 bits per heavy atom. The number of nitrogens with zero attached hydrogens (tertiary/aromatic N) is 1. The predicted octanol–water partition coefficient (Wildman–Crippen LogP) is 4.08. The van der Waals surface area contributed by atoms with Crippen molar-refractivity contribution in [2.45, 2.75) is 19.3 Å². The first kappa shape index (κ1) is 14.2. The molecule has 1 aliphatic rings. The molecule has 0 radical (unpaired) electrons. The molecular formula is C14H15Cl2NO2. The molecule has 1 fully saturated rings. The molecule has 1 aromatic carbocycles. The molecule has 19 heavy (non-hydrogen) atoms. The van der Waals surface area contributed by atoms with E-state index in [9.17, 15) is 4.79 Å². The Bertz CT molecular complexity index is 508. The third kappa shape index (κ3) is 3.43. The summed E-state index contributed by atoms with van der Waals surface area (Å²) < 4.78 is 0. The molecule has 5 heteroatoms. The fraction of sp³-hybridized carbons (Fsp3) is 0.357. The van der Waals surface area contributed by atoms with E-state index in [0.29, 0.717) is 15.6 Å². The van der Waals surface area contributed by atoms with Crippen molar-refractivity contribution in [1.82, 2.24) is 0 Å². The van der Waals surface area contributed by atoms with E-state index < -0.39 is 5.97 Å². The molecule has 1 aliphatic heterocycles. The molecule has 1 aromatic rings. The number of hydrogen-bond donors (Lipinski definition) is 1. The molecule has 0 unspecified atom stereocenters. The van der Waals surface area contributed by atoms with Crippen LogP contribution in [0.5, 0.6) is 0 Å². The van der Waals surface area contributed by atoms with Crippen molar-refractivity contribution in [1.29, 1.82) is 0 Å². The average Bonchev–Trinajstić information content (AvgIpc) is 2.41. The molecular weight excluding hydrogens is 285 g/mol. The van der Waals surface area contributed by atoms with E-state index in [0.717, 1.165) is 37.7 Å². The maximum Gasteiger partial charge on any atom is 0.328 e. The lowest BCUT2D eigenvalue weighted by Crippen LogP contribution is -2.29. The Kier molecular flexibility index (Phi) is 4.72. The van der Waals surface area contributed by atoms with Gasteiger partial charge in [0.1, 0.15) is 0 Å². The van der Waals surface area contributed by atoms with Crippen LogP contribution in [0.4, 0.5) is 5.69 Å². The van der Waals surface area contributed by atoms with Gasteiger partial charge in [0.2, 0.25) is 0 Å². The second-order valence-corrected chi connectivity index (χ2v) is 5.28. The molecule has 1 heterocycles. The minimum Gasteiger partial charge on any atom is -0.478 e. The minimum atomic E-state index is -1.01. The number of benzene rings is 1. The van der Waals surface area contributed by atoms with Gasteiger partial charge in [-0.3, -0.25) is 0 Å². The first-order chi connectivity index (χ1) is 9.09. The number of piperidine rings is 1. The molecule has 0 aromatic heterocycles. The van der Waals surface area contributed by atoms with E-state index in [4.69, 9.17) is 28.3 Å². The van der Waals surface area contributed by atoms with Crippen molar-refractivity contribution in [3.63, 3.8) is 0 Å². The van der Waals surface area contributed by atoms with Crippen molar-refractivity contribution < 1.29 is 9.90 Å². The van der Waals surface area contributed by atoms with Gasteiger partial charge >= 0.3 is 5.97 Å². The highest BCUT2D eigenvalue weighted by Crippen LogP contribution is 2.36. The second kappa shape index (κ2) is 6.31. The van der Waals surface area contributed by atoms with Gasteiger partial charge in [-0.25, -0.2) is 4.79 Å². The zero-order chi connectivity index (χ0) is 13.8. The van der Waals surface area contributed by atoms with E-state index in [1.807, 2.05) is 6.07 Å². The summed E-state index contributed by atoms with van der Waals surface area (Å²) in [4.78, 5) is 12.7. The maximum atomic E-state index is 10.5. The van der Waals surface area contributed by atoms with Gasteiger partial charge in [0.15, 0.2) is 0 Å². The molecule has 0 atom stereocenters. The first-order valence-electron chi connectivity index (χ1n) is 6.23. The van der Waals surface area contributed by atoms with Gasteiger partial charge < -0.3 is 10.0 Å². The Balaban J connectivity index is 2.28. The van der Waals surface area contributed by atoms with Crippen LogP contribution >= 0.6 is 23.2 Å². The number of carboxylic acids is 1. The molecule has 0 spiro atoms. The highest BCUT2D eigenvalue weighted by Gasteiger charge is 2.16. The summed E-state index contributed by atoms with van der Waals surface area (Å²) in [5, 5.41) is 9.52. The number of halogens is 2. The van der Waals surface area contributed by atoms with Crippen molar-refractivity contribution in [2.24, 2.45) is 0 Å². The summed E-state index contributed by atoms with van der Waals surface area (Å²) in [6.07, 6.45) is 6.08. The van der Waals surface area contributed by atoms with E-state index in [1.165, 1.54) is 12.5 Å².